The fourth-order valence-electron chi connectivity index (χ4n) is 4.03. The van der Waals surface area contributed by atoms with Gasteiger partial charge in [0.1, 0.15) is 15.8 Å². The molecule has 0 amide bonds. The van der Waals surface area contributed by atoms with Crippen molar-refractivity contribution in [1.29, 1.82) is 0 Å². The second kappa shape index (κ2) is 14.2. The van der Waals surface area contributed by atoms with Gasteiger partial charge in [0.2, 0.25) is 0 Å². The van der Waals surface area contributed by atoms with Gasteiger partial charge in [-0.15, -0.1) is 10.2 Å². The van der Waals surface area contributed by atoms with E-state index >= 15 is 0 Å². The maximum absolute atomic E-state index is 8.36. The van der Waals surface area contributed by atoms with Crippen molar-refractivity contribution in [1.82, 2.24) is 15.1 Å². The van der Waals surface area contributed by atoms with Gasteiger partial charge in [0.05, 0.1) is 11.1 Å². The summed E-state index contributed by atoms with van der Waals surface area (Å²) in [5.41, 5.74) is 4.93. The second-order valence-corrected chi connectivity index (χ2v) is 9.81. The summed E-state index contributed by atoms with van der Waals surface area (Å²) >= 11 is 8.03. The minimum atomic E-state index is -0.250. The fraction of sp³-hybridized carbons (Fsp3) is 0.444. The molecule has 0 spiro atoms. The highest BCUT2D eigenvalue weighted by Crippen LogP contribution is 2.36. The highest BCUT2D eigenvalue weighted by molar-refractivity contribution is 7.17. The Morgan fingerprint density at radius 1 is 1.20 bits per heavy atom. The molecular weight excluding hydrogens is 482 g/mol. The van der Waals surface area contributed by atoms with Crippen LogP contribution in [0.2, 0.25) is 5.02 Å². The zero-order valence-electron chi connectivity index (χ0n) is 21.4. The van der Waals surface area contributed by atoms with E-state index in [1.165, 1.54) is 29.8 Å². The number of rotatable bonds is 7. The smallest absolute Gasteiger partial charge is 0.290 e. The molecule has 1 fully saturated rings. The highest BCUT2D eigenvalue weighted by atomic mass is 35.5. The molecule has 8 heteroatoms. The van der Waals surface area contributed by atoms with E-state index in [1.807, 2.05) is 45.9 Å². The summed E-state index contributed by atoms with van der Waals surface area (Å²) in [5, 5.41) is 18.3. The van der Waals surface area contributed by atoms with Crippen LogP contribution in [0, 0.1) is 5.92 Å². The van der Waals surface area contributed by atoms with E-state index in [0.29, 0.717) is 10.8 Å². The predicted octanol–water partition coefficient (Wildman–Crippen LogP) is 7.05. The first-order valence-corrected chi connectivity index (χ1v) is 13.3. The molecule has 1 aliphatic heterocycles. The van der Waals surface area contributed by atoms with Crippen LogP contribution in [0.3, 0.4) is 0 Å². The summed E-state index contributed by atoms with van der Waals surface area (Å²) in [7, 11) is 0. The Morgan fingerprint density at radius 3 is 2.43 bits per heavy atom. The van der Waals surface area contributed by atoms with Gasteiger partial charge in [-0.05, 0) is 55.5 Å². The number of halogens is 1. The molecule has 0 atom stereocenters. The fourth-order valence-corrected chi connectivity index (χ4v) is 5.15. The van der Waals surface area contributed by atoms with Crippen molar-refractivity contribution in [3.05, 3.63) is 52.5 Å². The minimum Gasteiger partial charge on any atom is -0.489 e. The summed E-state index contributed by atoms with van der Waals surface area (Å²) in [6.07, 6.45) is 1.07. The van der Waals surface area contributed by atoms with Crippen LogP contribution in [0.15, 0.2) is 36.4 Å². The normalized spacial score (nSPS) is 13.3. The Labute approximate surface area is 217 Å². The topological polar surface area (TPSA) is 75.5 Å². The molecule has 1 N–H and O–H groups in total. The maximum Gasteiger partial charge on any atom is 0.290 e. The first-order chi connectivity index (χ1) is 16.9. The Hall–Kier alpha value is -2.48. The number of carbonyl (C=O) groups is 1. The van der Waals surface area contributed by atoms with Crippen molar-refractivity contribution in [2.75, 3.05) is 13.1 Å². The zero-order chi connectivity index (χ0) is 26.0. The van der Waals surface area contributed by atoms with E-state index in [9.17, 15) is 0 Å². The van der Waals surface area contributed by atoms with Gasteiger partial charge in [-0.3, -0.25) is 9.69 Å². The van der Waals surface area contributed by atoms with Crippen molar-refractivity contribution >= 4 is 29.4 Å². The van der Waals surface area contributed by atoms with Gasteiger partial charge < -0.3 is 9.84 Å². The van der Waals surface area contributed by atoms with Gasteiger partial charge in [-0.1, -0.05) is 68.8 Å². The number of likely N-dealkylation sites (tertiary alicyclic amines) is 1. The molecule has 0 radical (unpaired) electrons. The quantitative estimate of drug-likeness (QED) is 0.338. The molecular formula is C27H36ClN3O3S. The summed E-state index contributed by atoms with van der Waals surface area (Å²) in [4.78, 5) is 10.9. The van der Waals surface area contributed by atoms with Crippen molar-refractivity contribution in [3.8, 4) is 26.9 Å². The van der Waals surface area contributed by atoms with Gasteiger partial charge >= 0.3 is 0 Å². The predicted molar refractivity (Wildman–Crippen MR) is 145 cm³/mol. The summed E-state index contributed by atoms with van der Waals surface area (Å²) < 4.78 is 5.74. The standard InChI is InChI=1S/C24H28ClN3OS.C2H6.CH2O2/c1-5-19-18(14-28-12-16(4)13-28)7-6-8-20(19)24-27-26-23(30-24)17-9-10-22(21(25)11-17)29-15(2)3;1-2;2-1-3/h6-11,15-16H,5,12-14H2,1-4H3;1-2H3;1H,(H,2,3). The lowest BCUT2D eigenvalue weighted by molar-refractivity contribution is -0.122. The largest absolute Gasteiger partial charge is 0.489 e. The lowest BCUT2D eigenvalue weighted by Crippen LogP contribution is -2.44. The van der Waals surface area contributed by atoms with E-state index in [2.05, 4.69) is 47.1 Å². The molecule has 1 aromatic heterocycles. The van der Waals surface area contributed by atoms with Crippen LogP contribution >= 0.6 is 22.9 Å². The van der Waals surface area contributed by atoms with Crippen LogP contribution in [0.5, 0.6) is 5.75 Å². The lowest BCUT2D eigenvalue weighted by Gasteiger charge is -2.37. The number of nitrogens with zero attached hydrogens (tertiary/aromatic N) is 3. The molecule has 1 aliphatic rings. The maximum atomic E-state index is 8.36. The van der Waals surface area contributed by atoms with Crippen molar-refractivity contribution < 1.29 is 14.6 Å². The van der Waals surface area contributed by atoms with Crippen molar-refractivity contribution in [3.63, 3.8) is 0 Å². The molecule has 2 heterocycles. The summed E-state index contributed by atoms with van der Waals surface area (Å²) in [6.45, 7) is 15.6. The first kappa shape index (κ1) is 28.8. The Bertz CT molecular complexity index is 1080. The van der Waals surface area contributed by atoms with E-state index in [1.54, 1.807) is 11.3 Å². The van der Waals surface area contributed by atoms with Gasteiger partial charge in [-0.2, -0.15) is 0 Å². The molecule has 35 heavy (non-hydrogen) atoms. The average molecular weight is 518 g/mol. The van der Waals surface area contributed by atoms with Crippen LogP contribution in [-0.4, -0.2) is 45.9 Å². The number of benzene rings is 2. The molecule has 0 aliphatic carbocycles. The molecule has 4 rings (SSSR count). The van der Waals surface area contributed by atoms with E-state index in [0.717, 1.165) is 34.5 Å². The first-order valence-electron chi connectivity index (χ1n) is 12.1. The van der Waals surface area contributed by atoms with Crippen molar-refractivity contribution in [2.24, 2.45) is 5.92 Å². The molecule has 6 nitrogen and oxygen atoms in total. The van der Waals surface area contributed by atoms with E-state index < -0.39 is 0 Å². The third kappa shape index (κ3) is 7.75. The van der Waals surface area contributed by atoms with Gasteiger partial charge in [0, 0.05) is 30.8 Å². The molecule has 0 unspecified atom stereocenters. The van der Waals surface area contributed by atoms with Crippen LogP contribution in [-0.2, 0) is 17.8 Å². The molecule has 3 aromatic rings. The molecule has 0 saturated carbocycles. The summed E-state index contributed by atoms with van der Waals surface area (Å²) in [5.74, 6) is 1.51. The number of aromatic nitrogens is 2. The lowest BCUT2D eigenvalue weighted by atomic mass is 9.96. The van der Waals surface area contributed by atoms with Crippen LogP contribution < -0.4 is 4.74 Å². The Balaban J connectivity index is 0.000000803. The van der Waals surface area contributed by atoms with E-state index in [4.69, 9.17) is 26.2 Å². The number of ether oxygens (including phenoxy) is 1. The third-order valence-electron chi connectivity index (χ3n) is 5.36. The average Bonchev–Trinajstić information content (AvgIpc) is 3.31. The molecule has 2 aromatic carbocycles. The van der Waals surface area contributed by atoms with Gasteiger partial charge in [0.15, 0.2) is 0 Å². The number of carboxylic acid groups (broad SMARTS) is 1. The van der Waals surface area contributed by atoms with Gasteiger partial charge in [-0.25, -0.2) is 0 Å². The van der Waals surface area contributed by atoms with Crippen LogP contribution in [0.4, 0.5) is 0 Å². The monoisotopic (exact) mass is 517 g/mol. The number of hydrogen-bond acceptors (Lipinski definition) is 6. The Kier molecular flexibility index (Phi) is 11.6. The van der Waals surface area contributed by atoms with Crippen LogP contribution in [0.1, 0.15) is 52.7 Å². The molecule has 190 valence electrons. The molecule has 0 bridgehead atoms. The second-order valence-electron chi connectivity index (χ2n) is 8.43. The number of hydrogen-bond donors (Lipinski definition) is 1. The zero-order valence-corrected chi connectivity index (χ0v) is 23.0. The molecule has 1 saturated heterocycles. The highest BCUT2D eigenvalue weighted by Gasteiger charge is 2.23. The third-order valence-corrected chi connectivity index (χ3v) is 6.66. The van der Waals surface area contributed by atoms with E-state index in [-0.39, 0.29) is 12.6 Å². The SMILES string of the molecule is CC.CCc1c(CN2CC(C)C2)cccc1-c1nnc(-c2ccc(OC(C)C)c(Cl)c2)s1.O=CO. The Morgan fingerprint density at radius 2 is 1.86 bits per heavy atom. The minimum absolute atomic E-state index is 0.0840. The van der Waals surface area contributed by atoms with Crippen molar-refractivity contribution in [2.45, 2.75) is 60.6 Å². The van der Waals surface area contributed by atoms with Gasteiger partial charge in [0.25, 0.3) is 6.47 Å². The van der Waals surface area contributed by atoms with Crippen LogP contribution in [0.25, 0.3) is 21.1 Å². The summed E-state index contributed by atoms with van der Waals surface area (Å²) in [6, 6.07) is 12.4.